The van der Waals surface area contributed by atoms with Crippen LogP contribution in [0.3, 0.4) is 0 Å². The summed E-state index contributed by atoms with van der Waals surface area (Å²) in [4.78, 5) is 64.5. The summed E-state index contributed by atoms with van der Waals surface area (Å²) in [5, 5.41) is 16.0. The minimum Gasteiger partial charge on any atom is -0.481 e. The number of amides is 4. The second-order valence-electron chi connectivity index (χ2n) is 13.0. The summed E-state index contributed by atoms with van der Waals surface area (Å²) in [5.74, 6) is -3.70. The van der Waals surface area contributed by atoms with Crippen molar-refractivity contribution in [3.8, 4) is 0 Å². The molecule has 13 heteroatoms. The first-order chi connectivity index (χ1) is 17.7. The van der Waals surface area contributed by atoms with E-state index in [0.717, 1.165) is 0 Å². The molecule has 1 saturated carbocycles. The largest absolute Gasteiger partial charge is 0.481 e. The zero-order valence-corrected chi connectivity index (χ0v) is 23.9. The highest BCUT2D eigenvalue weighted by molar-refractivity contribution is 5.95. The molecule has 1 aliphatic heterocycles. The van der Waals surface area contributed by atoms with E-state index in [1.165, 1.54) is 4.90 Å². The van der Waals surface area contributed by atoms with Gasteiger partial charge in [-0.15, -0.1) is 0 Å². The van der Waals surface area contributed by atoms with Crippen molar-refractivity contribution in [1.29, 1.82) is 0 Å². The molecule has 222 valence electrons. The summed E-state index contributed by atoms with van der Waals surface area (Å²) in [5.41, 5.74) is -1.86. The van der Waals surface area contributed by atoms with E-state index in [-0.39, 0.29) is 30.3 Å². The van der Waals surface area contributed by atoms with E-state index in [1.807, 2.05) is 13.8 Å². The van der Waals surface area contributed by atoms with Crippen LogP contribution in [-0.2, 0) is 23.9 Å². The molecule has 1 aliphatic carbocycles. The summed E-state index contributed by atoms with van der Waals surface area (Å²) in [6.45, 7) is 14.1. The second-order valence-corrected chi connectivity index (χ2v) is 13.0. The number of carbonyl (C=O) groups excluding carboxylic acids is 4. The molecule has 0 radical (unpaired) electrons. The van der Waals surface area contributed by atoms with Crippen molar-refractivity contribution >= 4 is 29.8 Å². The molecule has 11 nitrogen and oxygen atoms in total. The second kappa shape index (κ2) is 11.6. The Hall–Kier alpha value is -2.99. The fourth-order valence-electron chi connectivity index (χ4n) is 5.14. The number of carbonyl (C=O) groups is 5. The lowest BCUT2D eigenvalue weighted by Gasteiger charge is -2.38. The van der Waals surface area contributed by atoms with Gasteiger partial charge in [0.2, 0.25) is 24.1 Å². The standard InChI is InChI=1S/C26H42F2N4O7/c1-24(2,3)19(31-23(38)39-25(4,5)6)22(37)32-12-13-17(26(13,7)8)18(32)21(36)30-14(11-15(27)28)20(35)29-10-9-16(33)34/h13-15,17-19H,9-12H2,1-8H3,(H,29,35)(H,30,36)(H,31,38)(H,33,34)/t13?,14-,17?,18-,19+/m0/s1. The summed E-state index contributed by atoms with van der Waals surface area (Å²) in [6, 6.07) is -3.73. The van der Waals surface area contributed by atoms with Crippen molar-refractivity contribution in [2.24, 2.45) is 22.7 Å². The van der Waals surface area contributed by atoms with Crippen molar-refractivity contribution < 1.29 is 42.6 Å². The zero-order valence-electron chi connectivity index (χ0n) is 23.9. The summed E-state index contributed by atoms with van der Waals surface area (Å²) < 4.78 is 31.9. The molecular formula is C26H42F2N4O7. The normalized spacial score (nSPS) is 23.4. The van der Waals surface area contributed by atoms with Crippen LogP contribution in [0.15, 0.2) is 0 Å². The van der Waals surface area contributed by atoms with Gasteiger partial charge in [-0.05, 0) is 43.4 Å². The number of rotatable bonds is 10. The van der Waals surface area contributed by atoms with Gasteiger partial charge in [-0.3, -0.25) is 19.2 Å². The fraction of sp³-hybridized carbons (Fsp3) is 0.808. The van der Waals surface area contributed by atoms with Gasteiger partial charge in [-0.1, -0.05) is 34.6 Å². The van der Waals surface area contributed by atoms with Crippen molar-refractivity contribution in [2.75, 3.05) is 13.1 Å². The zero-order chi connectivity index (χ0) is 30.1. The predicted molar refractivity (Wildman–Crippen MR) is 137 cm³/mol. The number of piperidine rings is 1. The lowest BCUT2D eigenvalue weighted by atomic mass is 9.85. The Morgan fingerprint density at radius 3 is 2.13 bits per heavy atom. The molecule has 2 unspecified atom stereocenters. The molecule has 5 atom stereocenters. The van der Waals surface area contributed by atoms with E-state index in [0.29, 0.717) is 0 Å². The van der Waals surface area contributed by atoms with Gasteiger partial charge in [0.15, 0.2) is 0 Å². The number of nitrogens with one attached hydrogen (secondary N) is 3. The van der Waals surface area contributed by atoms with Crippen LogP contribution in [-0.4, -0.2) is 83.0 Å². The maximum absolute atomic E-state index is 13.8. The molecular weight excluding hydrogens is 518 g/mol. The van der Waals surface area contributed by atoms with Gasteiger partial charge in [-0.25, -0.2) is 13.6 Å². The first-order valence-corrected chi connectivity index (χ1v) is 13.0. The highest BCUT2D eigenvalue weighted by atomic mass is 19.3. The number of ether oxygens (including phenoxy) is 1. The van der Waals surface area contributed by atoms with E-state index in [1.54, 1.807) is 41.5 Å². The van der Waals surface area contributed by atoms with Gasteiger partial charge < -0.3 is 30.7 Å². The quantitative estimate of drug-likeness (QED) is 0.319. The lowest BCUT2D eigenvalue weighted by molar-refractivity contribution is -0.144. The monoisotopic (exact) mass is 560 g/mol. The molecule has 0 spiro atoms. The fourth-order valence-corrected chi connectivity index (χ4v) is 5.14. The van der Waals surface area contributed by atoms with Crippen LogP contribution in [0.25, 0.3) is 0 Å². The number of fused-ring (bicyclic) bond motifs is 1. The minimum atomic E-state index is -2.92. The number of alkyl halides is 2. The van der Waals surface area contributed by atoms with Crippen molar-refractivity contribution in [3.63, 3.8) is 0 Å². The van der Waals surface area contributed by atoms with E-state index < -0.39 is 78.2 Å². The third kappa shape index (κ3) is 8.25. The molecule has 0 aromatic rings. The molecule has 4 N–H and O–H groups in total. The molecule has 2 rings (SSSR count). The number of carboxylic acid groups (broad SMARTS) is 1. The SMILES string of the molecule is CC(C)(C)OC(=O)N[C@H](C(=O)N1CC2C([C@H]1C(=O)N[C@@H](CC(F)F)C(=O)NCCC(=O)O)C2(C)C)C(C)(C)C. The van der Waals surface area contributed by atoms with Gasteiger partial charge in [0.25, 0.3) is 0 Å². The van der Waals surface area contributed by atoms with Gasteiger partial charge in [0.05, 0.1) is 6.42 Å². The highest BCUT2D eigenvalue weighted by Crippen LogP contribution is 2.65. The van der Waals surface area contributed by atoms with Gasteiger partial charge in [0.1, 0.15) is 23.7 Å². The van der Waals surface area contributed by atoms with Crippen LogP contribution < -0.4 is 16.0 Å². The Balaban J connectivity index is 2.28. The van der Waals surface area contributed by atoms with E-state index in [4.69, 9.17) is 9.84 Å². The Labute approximate surface area is 227 Å². The molecule has 0 aromatic carbocycles. The number of carboxylic acids is 1. The minimum absolute atomic E-state index is 0.0303. The third-order valence-electron chi connectivity index (χ3n) is 7.22. The first kappa shape index (κ1) is 32.2. The third-order valence-corrected chi connectivity index (χ3v) is 7.22. The molecule has 2 fully saturated rings. The average molecular weight is 561 g/mol. The number of alkyl carbamates (subject to hydrolysis) is 1. The first-order valence-electron chi connectivity index (χ1n) is 13.0. The molecule has 0 aromatic heterocycles. The number of halogens is 2. The Kier molecular flexibility index (Phi) is 9.61. The summed E-state index contributed by atoms with van der Waals surface area (Å²) in [6.07, 6.45) is -5.11. The smallest absolute Gasteiger partial charge is 0.408 e. The number of aliphatic carboxylic acids is 1. The average Bonchev–Trinajstić information content (AvgIpc) is 3.08. The highest BCUT2D eigenvalue weighted by Gasteiger charge is 2.70. The topological polar surface area (TPSA) is 154 Å². The number of likely N-dealkylation sites (tertiary alicyclic amines) is 1. The Morgan fingerprint density at radius 2 is 1.64 bits per heavy atom. The molecule has 1 heterocycles. The van der Waals surface area contributed by atoms with Crippen LogP contribution in [0.4, 0.5) is 13.6 Å². The van der Waals surface area contributed by atoms with E-state index >= 15 is 0 Å². The van der Waals surface area contributed by atoms with Gasteiger partial charge >= 0.3 is 12.1 Å². The van der Waals surface area contributed by atoms with Crippen LogP contribution in [0, 0.1) is 22.7 Å². The lowest BCUT2D eigenvalue weighted by Crippen LogP contribution is -2.61. The summed E-state index contributed by atoms with van der Waals surface area (Å²) >= 11 is 0. The van der Waals surface area contributed by atoms with Crippen LogP contribution in [0.2, 0.25) is 0 Å². The Morgan fingerprint density at radius 1 is 1.05 bits per heavy atom. The predicted octanol–water partition coefficient (Wildman–Crippen LogP) is 2.14. The number of hydrogen-bond acceptors (Lipinski definition) is 6. The molecule has 0 bridgehead atoms. The van der Waals surface area contributed by atoms with Crippen LogP contribution in [0.1, 0.15) is 68.2 Å². The Bertz CT molecular complexity index is 974. The van der Waals surface area contributed by atoms with Crippen LogP contribution in [0.5, 0.6) is 0 Å². The molecule has 1 saturated heterocycles. The van der Waals surface area contributed by atoms with Crippen LogP contribution >= 0.6 is 0 Å². The maximum atomic E-state index is 13.8. The molecule has 4 amide bonds. The van der Waals surface area contributed by atoms with Crippen molar-refractivity contribution in [1.82, 2.24) is 20.9 Å². The maximum Gasteiger partial charge on any atom is 0.408 e. The molecule has 39 heavy (non-hydrogen) atoms. The molecule has 2 aliphatic rings. The van der Waals surface area contributed by atoms with Gasteiger partial charge in [-0.2, -0.15) is 0 Å². The van der Waals surface area contributed by atoms with E-state index in [2.05, 4.69) is 16.0 Å². The number of hydrogen-bond donors (Lipinski definition) is 4. The van der Waals surface area contributed by atoms with Gasteiger partial charge in [0, 0.05) is 19.5 Å². The summed E-state index contributed by atoms with van der Waals surface area (Å²) in [7, 11) is 0. The van der Waals surface area contributed by atoms with Crippen molar-refractivity contribution in [2.45, 2.75) is 98.4 Å². The van der Waals surface area contributed by atoms with E-state index in [9.17, 15) is 32.8 Å². The van der Waals surface area contributed by atoms with Crippen molar-refractivity contribution in [3.05, 3.63) is 0 Å². The number of nitrogens with zero attached hydrogens (tertiary/aromatic N) is 1.